The van der Waals surface area contributed by atoms with Crippen molar-refractivity contribution in [3.05, 3.63) is 76.6 Å². The van der Waals surface area contributed by atoms with Gasteiger partial charge in [-0.1, -0.05) is 42.5 Å². The van der Waals surface area contributed by atoms with Crippen LogP contribution in [0.1, 0.15) is 5.56 Å². The third kappa shape index (κ3) is 3.13. The first-order valence-electron chi connectivity index (χ1n) is 7.03. The number of nitrogens with one attached hydrogen (secondary N) is 2. The average Bonchev–Trinajstić information content (AvgIpc) is 2.58. The number of H-pyrrole nitrogens is 1. The summed E-state index contributed by atoms with van der Waals surface area (Å²) in [4.78, 5) is 26.6. The van der Waals surface area contributed by atoms with Crippen LogP contribution in [0.4, 0.5) is 5.69 Å². The smallest absolute Gasteiger partial charge is 0.276 e. The average molecular weight is 306 g/mol. The largest absolute Gasteiger partial charge is 0.505 e. The molecule has 0 aliphatic rings. The molecule has 23 heavy (non-hydrogen) atoms. The van der Waals surface area contributed by atoms with Gasteiger partial charge in [-0.15, -0.1) is 0 Å². The molecule has 0 fully saturated rings. The van der Waals surface area contributed by atoms with E-state index in [2.05, 4.69) is 10.3 Å². The van der Waals surface area contributed by atoms with Gasteiger partial charge in [-0.25, -0.2) is 0 Å². The van der Waals surface area contributed by atoms with E-state index in [0.717, 1.165) is 5.56 Å². The molecule has 3 rings (SSSR count). The Bertz CT molecular complexity index is 943. The number of rotatable bonds is 3. The summed E-state index contributed by atoms with van der Waals surface area (Å²) in [6, 6.07) is 16.1. The molecule has 114 valence electrons. The zero-order valence-electron chi connectivity index (χ0n) is 12.1. The molecule has 0 bridgehead atoms. The maximum absolute atomic E-state index is 12.0. The highest BCUT2D eigenvalue weighted by Crippen LogP contribution is 2.27. The first-order valence-corrected chi connectivity index (χ1v) is 7.03. The minimum atomic E-state index is -0.553. The molecule has 1 amide bonds. The first-order chi connectivity index (χ1) is 11.1. The van der Waals surface area contributed by atoms with Gasteiger partial charge >= 0.3 is 0 Å². The van der Waals surface area contributed by atoms with Gasteiger partial charge < -0.3 is 15.4 Å². The molecule has 0 aliphatic carbocycles. The fourth-order valence-electron chi connectivity index (χ4n) is 2.24. The van der Waals surface area contributed by atoms with Crippen LogP contribution in [0.25, 0.3) is 17.0 Å². The van der Waals surface area contributed by atoms with Crippen LogP contribution in [0.5, 0.6) is 5.75 Å². The number of hydrogen-bond donors (Lipinski definition) is 3. The van der Waals surface area contributed by atoms with E-state index < -0.39 is 11.5 Å². The van der Waals surface area contributed by atoms with Gasteiger partial charge in [-0.2, -0.15) is 0 Å². The van der Waals surface area contributed by atoms with Crippen molar-refractivity contribution in [3.63, 3.8) is 0 Å². The summed E-state index contributed by atoms with van der Waals surface area (Å²) >= 11 is 0. The molecule has 0 saturated heterocycles. The number of pyridine rings is 1. The van der Waals surface area contributed by atoms with Crippen molar-refractivity contribution in [2.24, 2.45) is 0 Å². The van der Waals surface area contributed by atoms with Crippen LogP contribution in [-0.4, -0.2) is 16.0 Å². The summed E-state index contributed by atoms with van der Waals surface area (Å²) < 4.78 is 0. The minimum Gasteiger partial charge on any atom is -0.505 e. The molecular formula is C18H14N2O3. The number of para-hydroxylation sites is 1. The number of benzene rings is 2. The first kappa shape index (κ1) is 14.6. The summed E-state index contributed by atoms with van der Waals surface area (Å²) in [6.07, 6.45) is 2.94. The summed E-state index contributed by atoms with van der Waals surface area (Å²) in [7, 11) is 0. The molecule has 1 heterocycles. The van der Waals surface area contributed by atoms with Crippen LogP contribution in [-0.2, 0) is 4.79 Å². The monoisotopic (exact) mass is 306 g/mol. The van der Waals surface area contributed by atoms with Crippen LogP contribution in [0.15, 0.2) is 65.5 Å². The molecule has 0 atom stereocenters. The molecule has 0 spiro atoms. The third-order valence-corrected chi connectivity index (χ3v) is 3.37. The van der Waals surface area contributed by atoms with Gasteiger partial charge in [0.15, 0.2) is 11.4 Å². The van der Waals surface area contributed by atoms with Gasteiger partial charge in [-0.05, 0) is 23.8 Å². The van der Waals surface area contributed by atoms with Crippen molar-refractivity contribution in [2.75, 3.05) is 5.32 Å². The third-order valence-electron chi connectivity index (χ3n) is 3.37. The molecule has 0 saturated carbocycles. The van der Waals surface area contributed by atoms with E-state index in [0.29, 0.717) is 10.9 Å². The number of hydrogen-bond acceptors (Lipinski definition) is 3. The normalized spacial score (nSPS) is 11.0. The Labute approximate surface area is 131 Å². The number of aromatic nitrogens is 1. The molecule has 1 aromatic heterocycles. The number of aromatic amines is 1. The maximum atomic E-state index is 12.0. The second kappa shape index (κ2) is 6.19. The van der Waals surface area contributed by atoms with Crippen molar-refractivity contribution in [1.82, 2.24) is 4.98 Å². The topological polar surface area (TPSA) is 82.2 Å². The minimum absolute atomic E-state index is 0.161. The van der Waals surface area contributed by atoms with E-state index in [9.17, 15) is 14.7 Å². The zero-order valence-corrected chi connectivity index (χ0v) is 12.1. The summed E-state index contributed by atoms with van der Waals surface area (Å²) in [6.45, 7) is 0. The quantitative estimate of drug-likeness (QED) is 0.651. The molecule has 5 nitrogen and oxygen atoms in total. The van der Waals surface area contributed by atoms with Gasteiger partial charge in [0.2, 0.25) is 5.91 Å². The molecule has 3 aromatic rings. The highest BCUT2D eigenvalue weighted by atomic mass is 16.3. The van der Waals surface area contributed by atoms with Gasteiger partial charge in [0.25, 0.3) is 5.56 Å². The van der Waals surface area contributed by atoms with Gasteiger partial charge in [-0.3, -0.25) is 9.59 Å². The van der Waals surface area contributed by atoms with Crippen LogP contribution in [0, 0.1) is 0 Å². The van der Waals surface area contributed by atoms with Crippen molar-refractivity contribution in [2.45, 2.75) is 0 Å². The Morgan fingerprint density at radius 1 is 1.04 bits per heavy atom. The fourth-order valence-corrected chi connectivity index (χ4v) is 2.24. The van der Waals surface area contributed by atoms with Crippen molar-refractivity contribution in [1.29, 1.82) is 0 Å². The fraction of sp³-hybridized carbons (Fsp3) is 0. The van der Waals surface area contributed by atoms with Crippen molar-refractivity contribution < 1.29 is 9.90 Å². The van der Waals surface area contributed by atoms with E-state index in [1.165, 1.54) is 6.08 Å². The molecule has 0 radical (unpaired) electrons. The molecule has 2 aromatic carbocycles. The molecular weight excluding hydrogens is 292 g/mol. The number of carbonyl (C=O) groups is 1. The summed E-state index contributed by atoms with van der Waals surface area (Å²) in [5, 5.41) is 13.1. The SMILES string of the molecule is O=C(/C=C/c1ccccc1)Nc1c(O)c2ccccc2[nH]c1=O. The lowest BCUT2D eigenvalue weighted by molar-refractivity contribution is -0.111. The van der Waals surface area contributed by atoms with Crippen LogP contribution >= 0.6 is 0 Å². The Morgan fingerprint density at radius 3 is 2.52 bits per heavy atom. The van der Waals surface area contributed by atoms with Gasteiger partial charge in [0.1, 0.15) is 0 Å². The van der Waals surface area contributed by atoms with Crippen molar-refractivity contribution >= 4 is 28.6 Å². The van der Waals surface area contributed by atoms with E-state index >= 15 is 0 Å². The van der Waals surface area contributed by atoms with E-state index in [-0.39, 0.29) is 11.4 Å². The molecule has 0 unspecified atom stereocenters. The van der Waals surface area contributed by atoms with Crippen LogP contribution in [0.3, 0.4) is 0 Å². The number of anilines is 1. The number of aromatic hydroxyl groups is 1. The Hall–Kier alpha value is -3.34. The van der Waals surface area contributed by atoms with E-state index in [1.54, 1.807) is 30.3 Å². The lowest BCUT2D eigenvalue weighted by Gasteiger charge is -2.07. The molecule has 0 aliphatic heterocycles. The van der Waals surface area contributed by atoms with Crippen LogP contribution < -0.4 is 10.9 Å². The standard InChI is InChI=1S/C18H14N2O3/c21-15(11-10-12-6-2-1-3-7-12)20-16-17(22)13-8-4-5-9-14(13)19-18(16)23/h1-11H,(H,20,21)(H2,19,22,23)/b11-10+. The predicted molar refractivity (Wildman–Crippen MR) is 90.3 cm³/mol. The molecule has 5 heteroatoms. The Balaban J connectivity index is 1.88. The predicted octanol–water partition coefficient (Wildman–Crippen LogP) is 2.89. The zero-order chi connectivity index (χ0) is 16.2. The molecule has 3 N–H and O–H groups in total. The highest BCUT2D eigenvalue weighted by molar-refractivity contribution is 6.04. The summed E-state index contributed by atoms with van der Waals surface area (Å²) in [5.41, 5.74) is 0.654. The Kier molecular flexibility index (Phi) is 3.93. The number of amides is 1. The van der Waals surface area contributed by atoms with Crippen molar-refractivity contribution in [3.8, 4) is 5.75 Å². The maximum Gasteiger partial charge on any atom is 0.276 e. The highest BCUT2D eigenvalue weighted by Gasteiger charge is 2.12. The van der Waals surface area contributed by atoms with Crippen LogP contribution in [0.2, 0.25) is 0 Å². The second-order valence-electron chi connectivity index (χ2n) is 4.96. The van der Waals surface area contributed by atoms with Gasteiger partial charge in [0, 0.05) is 11.5 Å². The summed E-state index contributed by atoms with van der Waals surface area (Å²) in [5.74, 6) is -0.740. The lowest BCUT2D eigenvalue weighted by atomic mass is 10.2. The van der Waals surface area contributed by atoms with E-state index in [1.807, 2.05) is 30.3 Å². The Morgan fingerprint density at radius 2 is 1.74 bits per heavy atom. The second-order valence-corrected chi connectivity index (χ2v) is 4.96. The van der Waals surface area contributed by atoms with Gasteiger partial charge in [0.05, 0.1) is 5.52 Å². The lowest BCUT2D eigenvalue weighted by Crippen LogP contribution is -2.18. The number of fused-ring (bicyclic) bond motifs is 1. The van der Waals surface area contributed by atoms with E-state index in [4.69, 9.17) is 0 Å². The number of carbonyl (C=O) groups excluding carboxylic acids is 1.